The van der Waals surface area contributed by atoms with Gasteiger partial charge in [-0.05, 0) is 42.1 Å². The van der Waals surface area contributed by atoms with Crippen LogP contribution in [0.15, 0.2) is 30.3 Å². The fourth-order valence-electron chi connectivity index (χ4n) is 2.47. The molecule has 33 heavy (non-hydrogen) atoms. The molecule has 0 spiro atoms. The van der Waals surface area contributed by atoms with Crippen LogP contribution in [0.2, 0.25) is 23.2 Å². The van der Waals surface area contributed by atoms with Crippen LogP contribution >= 0.6 is 11.1 Å². The van der Waals surface area contributed by atoms with E-state index in [1.807, 2.05) is 27.0 Å². The number of benzene rings is 1. The van der Waals surface area contributed by atoms with Crippen molar-refractivity contribution in [1.82, 2.24) is 9.78 Å². The maximum absolute atomic E-state index is 12.7. The van der Waals surface area contributed by atoms with Crippen LogP contribution in [-0.2, 0) is 23.3 Å². The van der Waals surface area contributed by atoms with E-state index in [9.17, 15) is 13.2 Å². The number of aryl methyl sites for hydroxylation is 1. The molecule has 0 bridgehead atoms. The van der Waals surface area contributed by atoms with Crippen LogP contribution in [0.1, 0.15) is 66.6 Å². The first-order chi connectivity index (χ1) is 14.5. The Morgan fingerprint density at radius 1 is 0.939 bits per heavy atom. The number of rotatable bonds is 4. The molecule has 0 saturated carbocycles. The molecule has 1 aromatic carbocycles. The van der Waals surface area contributed by atoms with Crippen molar-refractivity contribution in [3.05, 3.63) is 41.6 Å². The SMILES string of the molecule is CC(C)(C)[Si](C)(C)Cl.Cn1nc(-c2ccc(C(F)(F)F)cc2)cc1C(C)(C)O[SiH2]C(C)(C)C. The molecule has 0 radical (unpaired) electrons. The zero-order valence-electron chi connectivity index (χ0n) is 21.9. The van der Waals surface area contributed by atoms with E-state index in [4.69, 9.17) is 15.5 Å². The predicted octanol–water partition coefficient (Wildman–Crippen LogP) is 7.89. The zero-order chi connectivity index (χ0) is 26.0. The standard InChI is InChI=1S/C18H25F3N2OSi.C6H15ClSi/c1-16(2,3)25-24-17(4,5)15-11-14(22-23(15)6)12-7-9-13(10-8-12)18(19,20)21;1-6(2,3)8(4,5)7/h7-11H,25H2,1-6H3;1-5H3. The minimum atomic E-state index is -4.33. The van der Waals surface area contributed by atoms with E-state index in [1.54, 1.807) is 4.68 Å². The third-order valence-electron chi connectivity index (χ3n) is 5.65. The summed E-state index contributed by atoms with van der Waals surface area (Å²) in [7, 11) is -0.316. The lowest BCUT2D eigenvalue weighted by Gasteiger charge is -2.30. The van der Waals surface area contributed by atoms with Gasteiger partial charge in [0.05, 0.1) is 22.6 Å². The molecule has 2 rings (SSSR count). The number of alkyl halides is 3. The minimum absolute atomic E-state index is 0.173. The highest BCUT2D eigenvalue weighted by Crippen LogP contribution is 2.38. The molecule has 3 nitrogen and oxygen atoms in total. The van der Waals surface area contributed by atoms with E-state index in [2.05, 4.69) is 59.7 Å². The molecule has 0 saturated heterocycles. The molecule has 1 aromatic heterocycles. The molecule has 0 N–H and O–H groups in total. The van der Waals surface area contributed by atoms with Gasteiger partial charge < -0.3 is 4.43 Å². The Hall–Kier alpha value is -1.10. The lowest BCUT2D eigenvalue weighted by molar-refractivity contribution is -0.137. The lowest BCUT2D eigenvalue weighted by Crippen LogP contribution is -2.29. The van der Waals surface area contributed by atoms with Crippen LogP contribution < -0.4 is 0 Å². The normalized spacial score (nSPS) is 13.9. The Morgan fingerprint density at radius 2 is 1.39 bits per heavy atom. The number of aromatic nitrogens is 2. The van der Waals surface area contributed by atoms with Crippen LogP contribution in [0.25, 0.3) is 11.3 Å². The summed E-state index contributed by atoms with van der Waals surface area (Å²) in [6.45, 7) is 21.4. The average molecular weight is 521 g/mol. The van der Waals surface area contributed by atoms with Crippen molar-refractivity contribution in [2.24, 2.45) is 7.05 Å². The summed E-state index contributed by atoms with van der Waals surface area (Å²) in [5, 5.41) is 4.97. The molecule has 188 valence electrons. The number of hydrogen-bond acceptors (Lipinski definition) is 2. The van der Waals surface area contributed by atoms with Crippen molar-refractivity contribution in [1.29, 1.82) is 0 Å². The van der Waals surface area contributed by atoms with Crippen molar-refractivity contribution < 1.29 is 17.6 Å². The zero-order valence-corrected chi connectivity index (χ0v) is 25.1. The van der Waals surface area contributed by atoms with Crippen LogP contribution in [0.5, 0.6) is 0 Å². The van der Waals surface area contributed by atoms with E-state index >= 15 is 0 Å². The second-order valence-electron chi connectivity index (χ2n) is 11.7. The Bertz CT molecular complexity index is 892. The van der Waals surface area contributed by atoms with Gasteiger partial charge in [-0.2, -0.15) is 29.3 Å². The third kappa shape index (κ3) is 9.22. The average Bonchev–Trinajstić information content (AvgIpc) is 3.00. The molecule has 0 amide bonds. The number of nitrogens with zero attached hydrogens (tertiary/aromatic N) is 2. The van der Waals surface area contributed by atoms with Gasteiger partial charge in [-0.15, -0.1) is 0 Å². The van der Waals surface area contributed by atoms with Crippen LogP contribution in [0.4, 0.5) is 13.2 Å². The minimum Gasteiger partial charge on any atom is -0.413 e. The fourth-order valence-corrected chi connectivity index (χ4v) is 3.41. The fraction of sp³-hybridized carbons (Fsp3) is 0.625. The lowest BCUT2D eigenvalue weighted by atomic mass is 10.0. The largest absolute Gasteiger partial charge is 0.416 e. The van der Waals surface area contributed by atoms with Gasteiger partial charge in [-0.3, -0.25) is 4.68 Å². The highest BCUT2D eigenvalue weighted by molar-refractivity contribution is 7.20. The maximum Gasteiger partial charge on any atom is 0.416 e. The highest BCUT2D eigenvalue weighted by atomic mass is 35.6. The summed E-state index contributed by atoms with van der Waals surface area (Å²) in [4.78, 5) is 0. The summed E-state index contributed by atoms with van der Waals surface area (Å²) in [6, 6.07) is 6.95. The van der Waals surface area contributed by atoms with Crippen LogP contribution in [0.3, 0.4) is 0 Å². The van der Waals surface area contributed by atoms with E-state index < -0.39 is 34.5 Å². The van der Waals surface area contributed by atoms with E-state index in [0.29, 0.717) is 16.3 Å². The second-order valence-corrected chi connectivity index (χ2v) is 21.7. The van der Waals surface area contributed by atoms with Gasteiger partial charge in [-0.25, -0.2) is 0 Å². The van der Waals surface area contributed by atoms with Crippen molar-refractivity contribution in [3.63, 3.8) is 0 Å². The summed E-state index contributed by atoms with van der Waals surface area (Å²) < 4.78 is 46.0. The Balaban J connectivity index is 0.000000582. The highest BCUT2D eigenvalue weighted by Gasteiger charge is 2.33. The van der Waals surface area contributed by atoms with Gasteiger partial charge in [0.2, 0.25) is 0 Å². The third-order valence-corrected chi connectivity index (χ3v) is 12.7. The van der Waals surface area contributed by atoms with E-state index in [0.717, 1.165) is 17.8 Å². The first-order valence-corrected chi connectivity index (χ1v) is 16.4. The molecule has 0 unspecified atom stereocenters. The number of hydrogen-bond donors (Lipinski definition) is 0. The van der Waals surface area contributed by atoms with Gasteiger partial charge in [-0.1, -0.05) is 66.8 Å². The Labute approximate surface area is 205 Å². The topological polar surface area (TPSA) is 27.1 Å². The summed E-state index contributed by atoms with van der Waals surface area (Å²) in [5.41, 5.74) is 1.04. The smallest absolute Gasteiger partial charge is 0.413 e. The summed E-state index contributed by atoms with van der Waals surface area (Å²) in [6.07, 6.45) is -4.33. The second kappa shape index (κ2) is 10.3. The molecule has 2 aromatic rings. The molecular weight excluding hydrogens is 481 g/mol. The van der Waals surface area contributed by atoms with Crippen LogP contribution in [-0.4, -0.2) is 26.9 Å². The quantitative estimate of drug-likeness (QED) is 0.302. The molecule has 1 heterocycles. The molecule has 9 heteroatoms. The Morgan fingerprint density at radius 3 is 1.76 bits per heavy atom. The summed E-state index contributed by atoms with van der Waals surface area (Å²) >= 11 is 6.15. The van der Waals surface area contributed by atoms with Gasteiger partial charge in [0.15, 0.2) is 17.1 Å². The molecule has 0 fully saturated rings. The van der Waals surface area contributed by atoms with Crippen molar-refractivity contribution in [3.8, 4) is 11.3 Å². The van der Waals surface area contributed by atoms with Gasteiger partial charge in [0.1, 0.15) is 0 Å². The van der Waals surface area contributed by atoms with Gasteiger partial charge in [0.25, 0.3) is 0 Å². The monoisotopic (exact) mass is 520 g/mol. The first kappa shape index (κ1) is 29.9. The number of halogens is 4. The molecule has 0 aliphatic heterocycles. The molecule has 0 atom stereocenters. The van der Waals surface area contributed by atoms with Gasteiger partial charge >= 0.3 is 6.18 Å². The van der Waals surface area contributed by atoms with E-state index in [-0.39, 0.29) is 5.04 Å². The Kier molecular flexibility index (Phi) is 9.31. The first-order valence-electron chi connectivity index (χ1n) is 11.1. The maximum atomic E-state index is 12.7. The van der Waals surface area contributed by atoms with E-state index in [1.165, 1.54) is 12.1 Å². The molecular formula is C24H40ClF3N2OSi2. The predicted molar refractivity (Wildman–Crippen MR) is 139 cm³/mol. The summed E-state index contributed by atoms with van der Waals surface area (Å²) in [5.74, 6) is 0. The molecule has 0 aliphatic carbocycles. The van der Waals surface area contributed by atoms with Crippen molar-refractivity contribution in [2.45, 2.75) is 90.3 Å². The molecule has 0 aliphatic rings. The van der Waals surface area contributed by atoms with Crippen molar-refractivity contribution >= 4 is 28.2 Å². The van der Waals surface area contributed by atoms with Crippen molar-refractivity contribution in [2.75, 3.05) is 0 Å². The van der Waals surface area contributed by atoms with Gasteiger partial charge in [0, 0.05) is 12.6 Å². The van der Waals surface area contributed by atoms with Crippen LogP contribution in [0, 0.1) is 0 Å².